The normalized spacial score (nSPS) is 11.6. The average molecular weight is 419 g/mol. The zero-order valence-corrected chi connectivity index (χ0v) is 15.1. The first-order chi connectivity index (χ1) is 14.3. The lowest BCUT2D eigenvalue weighted by molar-refractivity contribution is -0.153. The van der Waals surface area contributed by atoms with Crippen molar-refractivity contribution in [1.82, 2.24) is 14.5 Å². The summed E-state index contributed by atoms with van der Waals surface area (Å²) in [4.78, 5) is 20.1. The summed E-state index contributed by atoms with van der Waals surface area (Å²) in [5, 5.41) is 0.291. The smallest absolute Gasteiger partial charge is 0.422 e. The van der Waals surface area contributed by atoms with E-state index in [0.29, 0.717) is 16.7 Å². The second-order valence-corrected chi connectivity index (χ2v) is 6.23. The molecule has 0 radical (unpaired) electrons. The highest BCUT2D eigenvalue weighted by Gasteiger charge is 2.28. The van der Waals surface area contributed by atoms with Crippen LogP contribution in [0.4, 0.5) is 17.6 Å². The molecule has 154 valence electrons. The van der Waals surface area contributed by atoms with Gasteiger partial charge in [0, 0.05) is 6.20 Å². The van der Waals surface area contributed by atoms with Crippen LogP contribution in [0.5, 0.6) is 17.5 Å². The van der Waals surface area contributed by atoms with Gasteiger partial charge in [-0.1, -0.05) is 0 Å². The molecule has 0 unspecified atom stereocenters. The number of aromatic amines is 1. The molecule has 0 aliphatic rings. The number of halogens is 4. The molecule has 0 aliphatic heterocycles. The Morgan fingerprint density at radius 3 is 2.30 bits per heavy atom. The molecule has 0 atom stereocenters. The van der Waals surface area contributed by atoms with Gasteiger partial charge in [-0.2, -0.15) is 18.2 Å². The topological polar surface area (TPSA) is 69.1 Å². The van der Waals surface area contributed by atoms with Gasteiger partial charge in [0.15, 0.2) is 6.61 Å². The second-order valence-electron chi connectivity index (χ2n) is 6.23. The molecule has 0 aliphatic carbocycles. The third kappa shape index (κ3) is 4.12. The van der Waals surface area contributed by atoms with Crippen LogP contribution in [0.1, 0.15) is 0 Å². The van der Waals surface area contributed by atoms with E-state index in [4.69, 9.17) is 4.74 Å². The van der Waals surface area contributed by atoms with E-state index in [0.717, 1.165) is 4.57 Å². The predicted molar refractivity (Wildman–Crippen MR) is 99.7 cm³/mol. The molecule has 0 saturated carbocycles. The number of benzene rings is 2. The Labute approximate surface area is 166 Å². The molecule has 2 heterocycles. The minimum Gasteiger partial charge on any atom is -0.484 e. The maximum Gasteiger partial charge on any atom is 0.422 e. The number of fused-ring (bicyclic) bond motifs is 1. The van der Waals surface area contributed by atoms with Gasteiger partial charge in [0.2, 0.25) is 0 Å². The molecule has 10 heteroatoms. The Hall–Kier alpha value is -3.82. The predicted octanol–water partition coefficient (Wildman–Crippen LogP) is 4.59. The third-order valence-electron chi connectivity index (χ3n) is 4.08. The minimum atomic E-state index is -4.46. The van der Waals surface area contributed by atoms with Gasteiger partial charge in [-0.25, -0.2) is 8.96 Å². The van der Waals surface area contributed by atoms with Crippen LogP contribution in [0.2, 0.25) is 0 Å². The summed E-state index contributed by atoms with van der Waals surface area (Å²) in [5.74, 6) is -0.226. The van der Waals surface area contributed by atoms with Crippen molar-refractivity contribution in [3.05, 3.63) is 77.0 Å². The molecule has 2 aromatic heterocycles. The fourth-order valence-corrected chi connectivity index (χ4v) is 2.74. The summed E-state index contributed by atoms with van der Waals surface area (Å²) in [6.07, 6.45) is -2.92. The van der Waals surface area contributed by atoms with Crippen molar-refractivity contribution in [2.24, 2.45) is 0 Å². The highest BCUT2D eigenvalue weighted by molar-refractivity contribution is 5.75. The van der Waals surface area contributed by atoms with E-state index < -0.39 is 24.2 Å². The highest BCUT2D eigenvalue weighted by Crippen LogP contribution is 2.25. The Morgan fingerprint density at radius 1 is 0.967 bits per heavy atom. The van der Waals surface area contributed by atoms with Crippen molar-refractivity contribution in [3.8, 4) is 23.2 Å². The number of nitrogens with one attached hydrogen (secondary N) is 1. The van der Waals surface area contributed by atoms with Crippen molar-refractivity contribution in [3.63, 3.8) is 0 Å². The van der Waals surface area contributed by atoms with E-state index >= 15 is 0 Å². The standard InChI is InChI=1S/C20H13F4N3O3/c21-12-1-5-15(6-2-12)30-19-26-17-16(9-10-25-17)18(28)27(19)13-3-7-14(8-4-13)29-11-20(22,23)24/h1-10,25H,11H2. The largest absolute Gasteiger partial charge is 0.484 e. The molecule has 2 aromatic carbocycles. The quantitative estimate of drug-likeness (QED) is 0.481. The third-order valence-corrected chi connectivity index (χ3v) is 4.08. The van der Waals surface area contributed by atoms with Crippen molar-refractivity contribution in [2.75, 3.05) is 6.61 Å². The van der Waals surface area contributed by atoms with Crippen LogP contribution in [0, 0.1) is 5.82 Å². The van der Waals surface area contributed by atoms with E-state index in [2.05, 4.69) is 14.7 Å². The molecule has 4 rings (SSSR count). The number of rotatable bonds is 5. The van der Waals surface area contributed by atoms with Gasteiger partial charge >= 0.3 is 12.2 Å². The first-order valence-corrected chi connectivity index (χ1v) is 8.64. The average Bonchev–Trinajstić information content (AvgIpc) is 3.17. The molecule has 0 spiro atoms. The van der Waals surface area contributed by atoms with Gasteiger partial charge in [0.1, 0.15) is 23.0 Å². The van der Waals surface area contributed by atoms with Gasteiger partial charge in [-0.05, 0) is 54.6 Å². The van der Waals surface area contributed by atoms with E-state index in [9.17, 15) is 22.4 Å². The maximum atomic E-state index is 13.2. The molecule has 1 N–H and O–H groups in total. The lowest BCUT2D eigenvalue weighted by Crippen LogP contribution is -2.21. The second kappa shape index (κ2) is 7.54. The van der Waals surface area contributed by atoms with Gasteiger partial charge in [0.05, 0.1) is 11.1 Å². The Bertz CT molecular complexity index is 1230. The molecule has 0 saturated heterocycles. The molecule has 0 fully saturated rings. The van der Waals surface area contributed by atoms with Gasteiger partial charge < -0.3 is 14.5 Å². The van der Waals surface area contributed by atoms with Crippen LogP contribution in [0.25, 0.3) is 16.7 Å². The number of alkyl halides is 3. The van der Waals surface area contributed by atoms with Gasteiger partial charge in [0.25, 0.3) is 5.56 Å². The number of H-pyrrole nitrogens is 1. The number of nitrogens with zero attached hydrogens (tertiary/aromatic N) is 2. The van der Waals surface area contributed by atoms with Crippen LogP contribution >= 0.6 is 0 Å². The van der Waals surface area contributed by atoms with Gasteiger partial charge in [-0.3, -0.25) is 4.79 Å². The summed E-state index contributed by atoms with van der Waals surface area (Å²) >= 11 is 0. The molecule has 30 heavy (non-hydrogen) atoms. The molecule has 4 aromatic rings. The van der Waals surface area contributed by atoms with Crippen molar-refractivity contribution >= 4 is 11.0 Å². The van der Waals surface area contributed by atoms with E-state index in [1.165, 1.54) is 48.5 Å². The fourth-order valence-electron chi connectivity index (χ4n) is 2.74. The first-order valence-electron chi connectivity index (χ1n) is 8.64. The van der Waals surface area contributed by atoms with Crippen molar-refractivity contribution in [2.45, 2.75) is 6.18 Å². The van der Waals surface area contributed by atoms with E-state index in [1.807, 2.05) is 0 Å². The van der Waals surface area contributed by atoms with Crippen LogP contribution in [0.3, 0.4) is 0 Å². The van der Waals surface area contributed by atoms with Crippen molar-refractivity contribution in [1.29, 1.82) is 0 Å². The van der Waals surface area contributed by atoms with Crippen LogP contribution in [-0.4, -0.2) is 27.3 Å². The molecular weight excluding hydrogens is 406 g/mol. The van der Waals surface area contributed by atoms with Crippen molar-refractivity contribution < 1.29 is 27.0 Å². The van der Waals surface area contributed by atoms with Crippen LogP contribution in [0.15, 0.2) is 65.6 Å². The summed E-state index contributed by atoms with van der Waals surface area (Å²) in [6, 6.07) is 12.0. The van der Waals surface area contributed by atoms with E-state index in [-0.39, 0.29) is 17.5 Å². The minimum absolute atomic E-state index is 0.0131. The molecular formula is C20H13F4N3O3. The zero-order chi connectivity index (χ0) is 21.3. The SMILES string of the molecule is O=c1c2cc[nH]c2nc(Oc2ccc(F)cc2)n1-c1ccc(OCC(F)(F)F)cc1. The Kier molecular flexibility index (Phi) is 4.90. The number of aromatic nitrogens is 3. The number of hydrogen-bond acceptors (Lipinski definition) is 4. The maximum absolute atomic E-state index is 13.2. The first kappa shape index (κ1) is 19.5. The fraction of sp³-hybridized carbons (Fsp3) is 0.100. The highest BCUT2D eigenvalue weighted by atomic mass is 19.4. The Balaban J connectivity index is 1.74. The summed E-state index contributed by atoms with van der Waals surface area (Å²) in [7, 11) is 0. The summed E-state index contributed by atoms with van der Waals surface area (Å²) in [6.45, 7) is -1.43. The zero-order valence-electron chi connectivity index (χ0n) is 15.1. The monoisotopic (exact) mass is 419 g/mol. The van der Waals surface area contributed by atoms with Crippen LogP contribution < -0.4 is 15.0 Å². The van der Waals surface area contributed by atoms with Gasteiger partial charge in [-0.15, -0.1) is 0 Å². The summed E-state index contributed by atoms with van der Waals surface area (Å²) < 4.78 is 61.7. The number of ether oxygens (including phenoxy) is 2. The lowest BCUT2D eigenvalue weighted by atomic mass is 10.3. The van der Waals surface area contributed by atoms with E-state index in [1.54, 1.807) is 12.3 Å². The summed E-state index contributed by atoms with van der Waals surface area (Å²) in [5.41, 5.74) is 0.132. The van der Waals surface area contributed by atoms with Crippen LogP contribution in [-0.2, 0) is 0 Å². The lowest BCUT2D eigenvalue weighted by Gasteiger charge is -2.14. The molecule has 0 bridgehead atoms. The Morgan fingerprint density at radius 2 is 1.63 bits per heavy atom. The number of hydrogen-bond donors (Lipinski definition) is 1. The molecule has 0 amide bonds. The molecule has 6 nitrogen and oxygen atoms in total.